The first-order valence-electron chi connectivity index (χ1n) is 2.97. The summed E-state index contributed by atoms with van der Waals surface area (Å²) in [6.07, 6.45) is 0. The fourth-order valence-electron chi connectivity index (χ4n) is 0.689. The minimum atomic E-state index is 0.683. The third kappa shape index (κ3) is 1.49. The van der Waals surface area contributed by atoms with Crippen LogP contribution in [0.5, 0.6) is 0 Å². The lowest BCUT2D eigenvalue weighted by molar-refractivity contribution is 0.415. The molecule has 1 N–H and O–H groups in total. The molecule has 0 amide bonds. The number of hydrogen-bond donors (Lipinski definition) is 1. The molecule has 0 aliphatic heterocycles. The van der Waals surface area contributed by atoms with Crippen molar-refractivity contribution in [2.24, 2.45) is 0 Å². The zero-order valence-corrected chi connectivity index (χ0v) is 6.39. The fraction of sp³-hybridized carbons (Fsp3) is 0.125. The van der Waals surface area contributed by atoms with Crippen LogP contribution in [-0.4, -0.2) is 5.11 Å². The molecule has 0 saturated heterocycles. The van der Waals surface area contributed by atoms with Crippen molar-refractivity contribution in [3.8, 4) is 0 Å². The molecule has 2 heteroatoms. The predicted octanol–water partition coefficient (Wildman–Crippen LogP) is 2.53. The lowest BCUT2D eigenvalue weighted by atomic mass is 10.2. The predicted molar refractivity (Wildman–Crippen MR) is 41.5 cm³/mol. The van der Waals surface area contributed by atoms with Gasteiger partial charge in [0.15, 0.2) is 0 Å². The Morgan fingerprint density at radius 3 is 2.70 bits per heavy atom. The second kappa shape index (κ2) is 3.04. The van der Waals surface area contributed by atoms with Crippen molar-refractivity contribution in [2.75, 3.05) is 0 Å². The number of halogens is 1. The molecular weight excluding hydrogens is 148 g/mol. The van der Waals surface area contributed by atoms with Crippen LogP contribution in [-0.2, 0) is 0 Å². The minimum absolute atomic E-state index is 0.683. The highest BCUT2D eigenvalue weighted by Crippen LogP contribution is 2.16. The summed E-state index contributed by atoms with van der Waals surface area (Å²) in [4.78, 5) is 0. The van der Waals surface area contributed by atoms with Gasteiger partial charge in [0.1, 0.15) is 6.61 Å². The summed E-state index contributed by atoms with van der Waals surface area (Å²) in [6.45, 7) is 2.95. The van der Waals surface area contributed by atoms with Crippen LogP contribution in [0, 0.1) is 13.5 Å². The van der Waals surface area contributed by atoms with Crippen molar-refractivity contribution < 1.29 is 5.11 Å². The Hall–Kier alpha value is -0.530. The maximum atomic E-state index is 8.57. The van der Waals surface area contributed by atoms with Crippen molar-refractivity contribution in [3.63, 3.8) is 0 Å². The Morgan fingerprint density at radius 2 is 2.20 bits per heavy atom. The Bertz CT molecular complexity index is 233. The number of hydrogen-bond acceptors (Lipinski definition) is 1. The molecule has 0 aliphatic rings. The van der Waals surface area contributed by atoms with E-state index in [4.69, 9.17) is 16.7 Å². The lowest BCUT2D eigenvalue weighted by Gasteiger charge is -1.98. The molecule has 1 nitrogen and oxygen atoms in total. The topological polar surface area (TPSA) is 20.2 Å². The molecule has 0 aromatic heterocycles. The number of benzene rings is 1. The van der Waals surface area contributed by atoms with Gasteiger partial charge >= 0.3 is 0 Å². The maximum absolute atomic E-state index is 8.57. The molecule has 1 rings (SSSR count). The van der Waals surface area contributed by atoms with Crippen LogP contribution in [0.4, 0.5) is 0 Å². The first kappa shape index (κ1) is 7.58. The maximum Gasteiger partial charge on any atom is 0.109 e. The first-order valence-corrected chi connectivity index (χ1v) is 3.35. The van der Waals surface area contributed by atoms with Gasteiger partial charge in [0.25, 0.3) is 0 Å². The van der Waals surface area contributed by atoms with Crippen molar-refractivity contribution in [1.82, 2.24) is 0 Å². The van der Waals surface area contributed by atoms with Crippen LogP contribution in [0.2, 0.25) is 5.02 Å². The van der Waals surface area contributed by atoms with Gasteiger partial charge in [-0.3, -0.25) is 0 Å². The number of rotatable bonds is 1. The molecule has 1 radical (unpaired) electrons. The second-order valence-electron chi connectivity index (χ2n) is 2.14. The summed E-state index contributed by atoms with van der Waals surface area (Å²) in [5, 5.41) is 9.25. The molecular formula is C8H8ClO. The summed E-state index contributed by atoms with van der Waals surface area (Å²) in [5.41, 5.74) is 1.75. The fourth-order valence-corrected chi connectivity index (χ4v) is 0.878. The van der Waals surface area contributed by atoms with E-state index in [1.807, 2.05) is 13.0 Å². The first-order chi connectivity index (χ1) is 4.74. The van der Waals surface area contributed by atoms with Gasteiger partial charge in [0.2, 0.25) is 0 Å². The molecule has 53 valence electrons. The van der Waals surface area contributed by atoms with Crippen LogP contribution in [0.25, 0.3) is 0 Å². The van der Waals surface area contributed by atoms with Gasteiger partial charge in [-0.05, 0) is 24.1 Å². The highest BCUT2D eigenvalue weighted by Gasteiger charge is 1.95. The van der Waals surface area contributed by atoms with E-state index in [2.05, 4.69) is 0 Å². The summed E-state index contributed by atoms with van der Waals surface area (Å²) >= 11 is 5.76. The number of aryl methyl sites for hydroxylation is 1. The van der Waals surface area contributed by atoms with Crippen molar-refractivity contribution in [2.45, 2.75) is 6.92 Å². The van der Waals surface area contributed by atoms with Gasteiger partial charge in [-0.2, -0.15) is 0 Å². The second-order valence-corrected chi connectivity index (χ2v) is 2.54. The van der Waals surface area contributed by atoms with Gasteiger partial charge in [-0.25, -0.2) is 0 Å². The van der Waals surface area contributed by atoms with Crippen LogP contribution in [0.1, 0.15) is 11.1 Å². The Morgan fingerprint density at radius 1 is 1.50 bits per heavy atom. The minimum Gasteiger partial charge on any atom is -0.385 e. The highest BCUT2D eigenvalue weighted by atomic mass is 35.5. The van der Waals surface area contributed by atoms with Crippen molar-refractivity contribution in [3.05, 3.63) is 41.0 Å². The monoisotopic (exact) mass is 155 g/mol. The molecule has 0 fully saturated rings. The van der Waals surface area contributed by atoms with Gasteiger partial charge < -0.3 is 5.11 Å². The van der Waals surface area contributed by atoms with Crippen LogP contribution in [0.3, 0.4) is 0 Å². The molecule has 0 bridgehead atoms. The zero-order chi connectivity index (χ0) is 7.56. The number of aliphatic hydroxyl groups excluding tert-OH is 1. The molecule has 0 aliphatic carbocycles. The summed E-state index contributed by atoms with van der Waals surface area (Å²) < 4.78 is 0. The average Bonchev–Trinajstić information content (AvgIpc) is 1.95. The van der Waals surface area contributed by atoms with Gasteiger partial charge in [-0.1, -0.05) is 23.7 Å². The van der Waals surface area contributed by atoms with E-state index in [-0.39, 0.29) is 0 Å². The summed E-state index contributed by atoms with van der Waals surface area (Å²) in [5.74, 6) is 0. The molecule has 0 atom stereocenters. The molecule has 0 saturated carbocycles. The SMILES string of the molecule is Cc1ccc([CH]O)cc1Cl. The van der Waals surface area contributed by atoms with E-state index < -0.39 is 0 Å². The van der Waals surface area contributed by atoms with Crippen LogP contribution < -0.4 is 0 Å². The molecule has 1 aromatic carbocycles. The van der Waals surface area contributed by atoms with E-state index in [1.54, 1.807) is 12.1 Å². The Balaban J connectivity index is 3.04. The third-order valence-corrected chi connectivity index (χ3v) is 1.75. The molecule has 1 aromatic rings. The average molecular weight is 156 g/mol. The van der Waals surface area contributed by atoms with Crippen LogP contribution >= 0.6 is 11.6 Å². The van der Waals surface area contributed by atoms with E-state index >= 15 is 0 Å². The normalized spacial score (nSPS) is 9.90. The summed E-state index contributed by atoms with van der Waals surface area (Å²) in [7, 11) is 0. The van der Waals surface area contributed by atoms with Gasteiger partial charge in [0, 0.05) is 5.02 Å². The van der Waals surface area contributed by atoms with Crippen molar-refractivity contribution >= 4 is 11.6 Å². The smallest absolute Gasteiger partial charge is 0.109 e. The largest absolute Gasteiger partial charge is 0.385 e. The molecule has 0 heterocycles. The van der Waals surface area contributed by atoms with Gasteiger partial charge in [-0.15, -0.1) is 0 Å². The van der Waals surface area contributed by atoms with E-state index in [1.165, 1.54) is 0 Å². The van der Waals surface area contributed by atoms with Crippen molar-refractivity contribution in [1.29, 1.82) is 0 Å². The quantitative estimate of drug-likeness (QED) is 0.661. The number of aliphatic hydroxyl groups is 1. The Kier molecular flexibility index (Phi) is 2.30. The third-order valence-electron chi connectivity index (χ3n) is 1.34. The standard InChI is InChI=1S/C8H8ClO/c1-6-2-3-7(5-10)4-8(6)9/h2-5,10H,1H3. The van der Waals surface area contributed by atoms with Gasteiger partial charge in [0.05, 0.1) is 0 Å². The lowest BCUT2D eigenvalue weighted by Crippen LogP contribution is -1.81. The molecule has 10 heavy (non-hydrogen) atoms. The van der Waals surface area contributed by atoms with E-state index in [9.17, 15) is 0 Å². The Labute approximate surface area is 65.3 Å². The van der Waals surface area contributed by atoms with E-state index in [0.717, 1.165) is 17.7 Å². The van der Waals surface area contributed by atoms with Crippen LogP contribution in [0.15, 0.2) is 18.2 Å². The zero-order valence-electron chi connectivity index (χ0n) is 5.63. The van der Waals surface area contributed by atoms with E-state index in [0.29, 0.717) is 5.02 Å². The molecule has 0 spiro atoms. The highest BCUT2D eigenvalue weighted by molar-refractivity contribution is 6.31. The summed E-state index contributed by atoms with van der Waals surface area (Å²) in [6, 6.07) is 5.39. The molecule has 0 unspecified atom stereocenters.